The Morgan fingerprint density at radius 2 is 2.11 bits per heavy atom. The molecule has 7 heteroatoms. The molecule has 2 rings (SSSR count). The molecule has 0 saturated heterocycles. The first-order valence-electron chi connectivity index (χ1n) is 5.20. The van der Waals surface area contributed by atoms with Crippen molar-refractivity contribution in [3.8, 4) is 11.5 Å². The van der Waals surface area contributed by atoms with E-state index in [1.807, 2.05) is 0 Å². The molecule has 0 bridgehead atoms. The van der Waals surface area contributed by atoms with Gasteiger partial charge < -0.3 is 19.7 Å². The van der Waals surface area contributed by atoms with Crippen LogP contribution in [0.1, 0.15) is 18.1 Å². The number of hydrogen-bond acceptors (Lipinski definition) is 4. The molecule has 98 valence electrons. The largest absolute Gasteiger partial charge is 0.490 e. The summed E-state index contributed by atoms with van der Waals surface area (Å²) in [5.41, 5.74) is -0.422. The summed E-state index contributed by atoms with van der Waals surface area (Å²) >= 11 is 2.95. The third-order valence-electron chi connectivity index (χ3n) is 2.47. The van der Waals surface area contributed by atoms with Gasteiger partial charge in [0.2, 0.25) is 0 Å². The molecule has 1 atom stereocenters. The van der Waals surface area contributed by atoms with Crippen molar-refractivity contribution >= 4 is 21.9 Å². The number of carbonyl (C=O) groups is 1. The van der Waals surface area contributed by atoms with Crippen LogP contribution in [0.15, 0.2) is 10.5 Å². The monoisotopic (exact) mass is 320 g/mol. The van der Waals surface area contributed by atoms with E-state index in [1.165, 1.54) is 6.07 Å². The molecule has 1 aromatic rings. The third kappa shape index (κ3) is 2.28. The molecule has 1 aliphatic rings. The minimum absolute atomic E-state index is 0.0158. The molecule has 0 saturated carbocycles. The van der Waals surface area contributed by atoms with Crippen LogP contribution < -0.4 is 9.47 Å². The Morgan fingerprint density at radius 1 is 1.44 bits per heavy atom. The van der Waals surface area contributed by atoms with Gasteiger partial charge in [0.15, 0.2) is 17.6 Å². The lowest BCUT2D eigenvalue weighted by atomic mass is 10.1. The van der Waals surface area contributed by atoms with Gasteiger partial charge in [0.1, 0.15) is 5.82 Å². The molecule has 0 amide bonds. The van der Waals surface area contributed by atoms with E-state index in [2.05, 4.69) is 15.9 Å². The lowest BCUT2D eigenvalue weighted by Crippen LogP contribution is -2.14. The van der Waals surface area contributed by atoms with Crippen LogP contribution in [0.2, 0.25) is 0 Å². The fourth-order valence-corrected chi connectivity index (χ4v) is 2.07. The highest BCUT2D eigenvalue weighted by molar-refractivity contribution is 9.10. The zero-order valence-corrected chi connectivity index (χ0v) is 10.7. The molecule has 1 aliphatic heterocycles. The van der Waals surface area contributed by atoms with Gasteiger partial charge in [0.05, 0.1) is 23.2 Å². The van der Waals surface area contributed by atoms with Crippen LogP contribution in [-0.2, 0) is 4.79 Å². The van der Waals surface area contributed by atoms with Gasteiger partial charge in [-0.05, 0) is 15.9 Å². The van der Waals surface area contributed by atoms with Crippen molar-refractivity contribution in [2.45, 2.75) is 12.5 Å². The summed E-state index contributed by atoms with van der Waals surface area (Å²) in [5.74, 6) is -2.25. The number of fused-ring (bicyclic) bond motifs is 1. The number of ether oxygens (including phenoxy) is 2. The smallest absolute Gasteiger partial charge is 0.337 e. The van der Waals surface area contributed by atoms with Crippen LogP contribution in [0.25, 0.3) is 0 Å². The van der Waals surface area contributed by atoms with E-state index in [0.29, 0.717) is 13.0 Å². The molecule has 5 nitrogen and oxygen atoms in total. The maximum absolute atomic E-state index is 13.9. The predicted molar refractivity (Wildman–Crippen MR) is 62.3 cm³/mol. The highest BCUT2D eigenvalue weighted by Gasteiger charge is 2.30. The number of carboxylic acid groups (broad SMARTS) is 1. The van der Waals surface area contributed by atoms with Gasteiger partial charge in [-0.3, -0.25) is 0 Å². The highest BCUT2D eigenvalue weighted by Crippen LogP contribution is 2.41. The molecule has 0 fully saturated rings. The van der Waals surface area contributed by atoms with E-state index in [4.69, 9.17) is 14.6 Å². The fraction of sp³-hybridized carbons (Fsp3) is 0.364. The van der Waals surface area contributed by atoms with Crippen LogP contribution in [0, 0.1) is 5.82 Å². The molecular formula is C11H10BrFO5. The molecule has 1 unspecified atom stereocenters. The summed E-state index contributed by atoms with van der Waals surface area (Å²) < 4.78 is 24.5. The first-order valence-corrected chi connectivity index (χ1v) is 6.00. The normalized spacial score (nSPS) is 15.9. The van der Waals surface area contributed by atoms with Crippen molar-refractivity contribution in [2.24, 2.45) is 0 Å². The molecule has 0 aromatic heterocycles. The number of hydrogen-bond donors (Lipinski definition) is 2. The van der Waals surface area contributed by atoms with Crippen molar-refractivity contribution < 1.29 is 28.9 Å². The molecule has 0 radical (unpaired) electrons. The standard InChI is InChI=1S/C11H10BrFO5/c12-5-4-6-10(18-3-1-2-17-6)7(8(5)13)9(14)11(15)16/h4,9,14H,1-3H2,(H,15,16). The molecule has 18 heavy (non-hydrogen) atoms. The van der Waals surface area contributed by atoms with E-state index in [-0.39, 0.29) is 22.6 Å². The summed E-state index contributed by atoms with van der Waals surface area (Å²) in [6, 6.07) is 1.36. The van der Waals surface area contributed by atoms with Crippen molar-refractivity contribution in [3.63, 3.8) is 0 Å². The van der Waals surface area contributed by atoms with Crippen LogP contribution >= 0.6 is 15.9 Å². The Balaban J connectivity index is 2.61. The van der Waals surface area contributed by atoms with E-state index < -0.39 is 23.5 Å². The predicted octanol–water partition coefficient (Wildman–Crippen LogP) is 1.87. The molecule has 0 spiro atoms. The molecular weight excluding hydrogens is 311 g/mol. The average Bonchev–Trinajstić information content (AvgIpc) is 2.55. The summed E-state index contributed by atoms with van der Waals surface area (Å²) in [5, 5.41) is 18.3. The number of carboxylic acids is 1. The quantitative estimate of drug-likeness (QED) is 0.870. The van der Waals surface area contributed by atoms with Gasteiger partial charge in [-0.25, -0.2) is 9.18 Å². The van der Waals surface area contributed by atoms with Gasteiger partial charge in [-0.1, -0.05) is 0 Å². The Kier molecular flexibility index (Phi) is 3.72. The molecule has 0 aliphatic carbocycles. The topological polar surface area (TPSA) is 76.0 Å². The third-order valence-corrected chi connectivity index (χ3v) is 3.05. The number of aliphatic hydroxyl groups is 1. The Hall–Kier alpha value is -1.34. The number of halogens is 2. The summed E-state index contributed by atoms with van der Waals surface area (Å²) in [6.45, 7) is 0.654. The molecule has 2 N–H and O–H groups in total. The number of aliphatic carboxylic acids is 1. The zero-order valence-electron chi connectivity index (χ0n) is 9.15. The second kappa shape index (κ2) is 5.11. The van der Waals surface area contributed by atoms with Gasteiger partial charge >= 0.3 is 5.97 Å². The Labute approximate surface area is 110 Å². The van der Waals surface area contributed by atoms with Crippen LogP contribution in [0.4, 0.5) is 4.39 Å². The number of aliphatic hydroxyl groups excluding tert-OH is 1. The number of rotatable bonds is 2. The highest BCUT2D eigenvalue weighted by atomic mass is 79.9. The fourth-order valence-electron chi connectivity index (χ4n) is 1.64. The first-order chi connectivity index (χ1) is 8.52. The minimum Gasteiger partial charge on any atom is -0.490 e. The van der Waals surface area contributed by atoms with E-state index >= 15 is 0 Å². The van der Waals surface area contributed by atoms with Crippen LogP contribution in [-0.4, -0.2) is 29.4 Å². The Bertz CT molecular complexity index is 491. The van der Waals surface area contributed by atoms with Crippen molar-refractivity contribution in [3.05, 3.63) is 21.9 Å². The van der Waals surface area contributed by atoms with Crippen molar-refractivity contribution in [2.75, 3.05) is 13.2 Å². The summed E-state index contributed by atoms with van der Waals surface area (Å²) in [4.78, 5) is 10.8. The maximum atomic E-state index is 13.9. The zero-order chi connectivity index (χ0) is 13.3. The lowest BCUT2D eigenvalue weighted by Gasteiger charge is -2.16. The number of benzene rings is 1. The van der Waals surface area contributed by atoms with Crippen LogP contribution in [0.3, 0.4) is 0 Å². The van der Waals surface area contributed by atoms with E-state index in [1.54, 1.807) is 0 Å². The van der Waals surface area contributed by atoms with Gasteiger partial charge in [0.25, 0.3) is 0 Å². The molecule has 1 heterocycles. The van der Waals surface area contributed by atoms with E-state index in [9.17, 15) is 14.3 Å². The van der Waals surface area contributed by atoms with E-state index in [0.717, 1.165) is 0 Å². The van der Waals surface area contributed by atoms with Crippen molar-refractivity contribution in [1.29, 1.82) is 0 Å². The maximum Gasteiger partial charge on any atom is 0.337 e. The van der Waals surface area contributed by atoms with Gasteiger partial charge in [0, 0.05) is 12.5 Å². The van der Waals surface area contributed by atoms with Gasteiger partial charge in [-0.2, -0.15) is 0 Å². The van der Waals surface area contributed by atoms with Gasteiger partial charge in [-0.15, -0.1) is 0 Å². The minimum atomic E-state index is -2.00. The SMILES string of the molecule is O=C(O)C(O)c1c(F)c(Br)cc2c1OCCCO2. The second-order valence-electron chi connectivity index (χ2n) is 3.70. The van der Waals surface area contributed by atoms with Crippen molar-refractivity contribution in [1.82, 2.24) is 0 Å². The summed E-state index contributed by atoms with van der Waals surface area (Å²) in [7, 11) is 0. The summed E-state index contributed by atoms with van der Waals surface area (Å²) in [6.07, 6.45) is -1.41. The Morgan fingerprint density at radius 3 is 2.78 bits per heavy atom. The van der Waals surface area contributed by atoms with Crippen LogP contribution in [0.5, 0.6) is 11.5 Å². The average molecular weight is 321 g/mol. The second-order valence-corrected chi connectivity index (χ2v) is 4.56. The molecule has 1 aromatic carbocycles. The first kappa shape index (κ1) is 13.1. The lowest BCUT2D eigenvalue weighted by molar-refractivity contribution is -0.147.